The third kappa shape index (κ3) is 5.75. The van der Waals surface area contributed by atoms with Crippen LogP contribution in [-0.4, -0.2) is 22.6 Å². The molecule has 1 aromatic carbocycles. The number of halogens is 2. The number of rotatable bonds is 9. The predicted octanol–water partition coefficient (Wildman–Crippen LogP) is 3.70. The first kappa shape index (κ1) is 19.7. The van der Waals surface area contributed by atoms with E-state index in [9.17, 15) is 19.7 Å². The Labute approximate surface area is 158 Å². The standard InChI is InChI=1S/C16H14Cl2N2O6/c17-12-8-10(20(23)24)3-5-13(12)25-9-11-4-6-14(26-11)16(22)19-7-1-2-15(18)21/h3-6,8H,1-2,7,9H2,(H,19,22). The van der Waals surface area contributed by atoms with E-state index in [0.717, 1.165) is 0 Å². The second kappa shape index (κ2) is 9.21. The highest BCUT2D eigenvalue weighted by molar-refractivity contribution is 6.63. The molecule has 0 unspecified atom stereocenters. The topological polar surface area (TPSA) is 112 Å². The predicted molar refractivity (Wildman–Crippen MR) is 93.6 cm³/mol. The van der Waals surface area contributed by atoms with Gasteiger partial charge < -0.3 is 14.5 Å². The molecular weight excluding hydrogens is 387 g/mol. The van der Waals surface area contributed by atoms with Crippen molar-refractivity contribution in [2.75, 3.05) is 6.54 Å². The van der Waals surface area contributed by atoms with Crippen LogP contribution < -0.4 is 10.1 Å². The van der Waals surface area contributed by atoms with Crippen LogP contribution >= 0.6 is 23.2 Å². The molecule has 0 saturated heterocycles. The van der Waals surface area contributed by atoms with Gasteiger partial charge in [-0.05, 0) is 36.2 Å². The van der Waals surface area contributed by atoms with Crippen molar-refractivity contribution in [1.82, 2.24) is 5.32 Å². The van der Waals surface area contributed by atoms with Gasteiger partial charge in [-0.1, -0.05) is 11.6 Å². The molecule has 0 aliphatic carbocycles. The summed E-state index contributed by atoms with van der Waals surface area (Å²) in [4.78, 5) is 32.6. The Morgan fingerprint density at radius 3 is 2.69 bits per heavy atom. The van der Waals surface area contributed by atoms with Gasteiger partial charge in [-0.2, -0.15) is 0 Å². The summed E-state index contributed by atoms with van der Waals surface area (Å²) in [6.45, 7) is 0.286. The molecule has 0 radical (unpaired) electrons. The second-order valence-electron chi connectivity index (χ2n) is 5.14. The molecule has 1 aromatic heterocycles. The van der Waals surface area contributed by atoms with Crippen LogP contribution in [-0.2, 0) is 11.4 Å². The maximum atomic E-state index is 11.9. The summed E-state index contributed by atoms with van der Waals surface area (Å²) >= 11 is 11.1. The maximum Gasteiger partial charge on any atom is 0.286 e. The molecule has 0 bridgehead atoms. The van der Waals surface area contributed by atoms with Gasteiger partial charge in [-0.15, -0.1) is 0 Å². The fourth-order valence-electron chi connectivity index (χ4n) is 1.96. The highest BCUT2D eigenvalue weighted by Crippen LogP contribution is 2.29. The van der Waals surface area contributed by atoms with Gasteiger partial charge >= 0.3 is 0 Å². The lowest BCUT2D eigenvalue weighted by atomic mass is 10.3. The van der Waals surface area contributed by atoms with Crippen molar-refractivity contribution >= 4 is 40.0 Å². The van der Waals surface area contributed by atoms with Crippen LogP contribution in [0, 0.1) is 10.1 Å². The van der Waals surface area contributed by atoms with Gasteiger partial charge in [0, 0.05) is 25.1 Å². The molecule has 10 heteroatoms. The summed E-state index contributed by atoms with van der Waals surface area (Å²) < 4.78 is 10.8. The van der Waals surface area contributed by atoms with Crippen LogP contribution in [0.25, 0.3) is 0 Å². The zero-order valence-corrected chi connectivity index (χ0v) is 14.9. The van der Waals surface area contributed by atoms with E-state index in [2.05, 4.69) is 5.32 Å². The van der Waals surface area contributed by atoms with Crippen LogP contribution in [0.15, 0.2) is 34.7 Å². The third-order valence-electron chi connectivity index (χ3n) is 3.22. The van der Waals surface area contributed by atoms with E-state index in [1.807, 2.05) is 0 Å². The summed E-state index contributed by atoms with van der Waals surface area (Å²) in [5.74, 6) is 0.299. The number of ether oxygens (including phenoxy) is 1. The van der Waals surface area contributed by atoms with Gasteiger partial charge in [0.25, 0.3) is 11.6 Å². The molecule has 26 heavy (non-hydrogen) atoms. The Kier molecular flexibility index (Phi) is 6.99. The Morgan fingerprint density at radius 1 is 1.27 bits per heavy atom. The average Bonchev–Trinajstić information content (AvgIpc) is 3.06. The molecule has 1 N–H and O–H groups in total. The molecule has 0 spiro atoms. The Morgan fingerprint density at radius 2 is 2.04 bits per heavy atom. The van der Waals surface area contributed by atoms with Gasteiger partial charge in [0.2, 0.25) is 5.24 Å². The summed E-state index contributed by atoms with van der Waals surface area (Å²) in [6.07, 6.45) is 0.610. The number of furan rings is 1. The lowest BCUT2D eigenvalue weighted by Gasteiger charge is -2.06. The van der Waals surface area contributed by atoms with Gasteiger partial charge in [0.15, 0.2) is 5.76 Å². The number of carbonyl (C=O) groups is 2. The second-order valence-corrected chi connectivity index (χ2v) is 5.97. The minimum absolute atomic E-state index is 0.00837. The van der Waals surface area contributed by atoms with Gasteiger partial charge in [0.1, 0.15) is 18.1 Å². The molecule has 0 atom stereocenters. The number of nitro groups is 1. The van der Waals surface area contributed by atoms with Gasteiger partial charge in [-0.3, -0.25) is 19.7 Å². The van der Waals surface area contributed by atoms with E-state index in [0.29, 0.717) is 18.7 Å². The number of nitro benzene ring substituents is 1. The minimum Gasteiger partial charge on any atom is -0.484 e. The van der Waals surface area contributed by atoms with Crippen LogP contribution in [0.2, 0.25) is 5.02 Å². The average molecular weight is 401 g/mol. The molecule has 0 fully saturated rings. The van der Waals surface area contributed by atoms with Crippen molar-refractivity contribution in [3.63, 3.8) is 0 Å². The molecule has 0 aliphatic rings. The number of carbonyl (C=O) groups excluding carboxylic acids is 2. The fraction of sp³-hybridized carbons (Fsp3) is 0.250. The molecule has 8 nitrogen and oxygen atoms in total. The first-order chi connectivity index (χ1) is 12.4. The Balaban J connectivity index is 1.87. The molecule has 2 rings (SSSR count). The molecular formula is C16H14Cl2N2O6. The van der Waals surface area contributed by atoms with E-state index in [4.69, 9.17) is 32.4 Å². The SMILES string of the molecule is O=C(Cl)CCCNC(=O)c1ccc(COc2ccc([N+](=O)[O-])cc2Cl)o1. The lowest BCUT2D eigenvalue weighted by molar-refractivity contribution is -0.384. The zero-order chi connectivity index (χ0) is 19.1. The van der Waals surface area contributed by atoms with Crippen LogP contribution in [0.1, 0.15) is 29.2 Å². The van der Waals surface area contributed by atoms with Gasteiger partial charge in [0.05, 0.1) is 9.95 Å². The Bertz CT molecular complexity index is 821. The molecule has 1 heterocycles. The third-order valence-corrected chi connectivity index (χ3v) is 3.70. The number of amides is 1. The van der Waals surface area contributed by atoms with Crippen LogP contribution in [0.5, 0.6) is 5.75 Å². The molecule has 0 aliphatic heterocycles. The largest absolute Gasteiger partial charge is 0.484 e. The fourth-order valence-corrected chi connectivity index (χ4v) is 2.33. The van der Waals surface area contributed by atoms with Crippen molar-refractivity contribution in [2.24, 2.45) is 0 Å². The van der Waals surface area contributed by atoms with E-state index >= 15 is 0 Å². The van der Waals surface area contributed by atoms with Crippen molar-refractivity contribution in [2.45, 2.75) is 19.4 Å². The highest BCUT2D eigenvalue weighted by atomic mass is 35.5. The highest BCUT2D eigenvalue weighted by Gasteiger charge is 2.13. The number of nitrogens with one attached hydrogen (secondary N) is 1. The minimum atomic E-state index is -0.559. The Hall–Kier alpha value is -2.58. The van der Waals surface area contributed by atoms with Crippen molar-refractivity contribution in [3.05, 3.63) is 57.0 Å². The lowest BCUT2D eigenvalue weighted by Crippen LogP contribution is -2.24. The summed E-state index contributed by atoms with van der Waals surface area (Å²) in [5.41, 5.74) is -0.143. The summed E-state index contributed by atoms with van der Waals surface area (Å²) in [7, 11) is 0. The van der Waals surface area contributed by atoms with E-state index in [1.54, 1.807) is 6.07 Å². The van der Waals surface area contributed by atoms with Crippen LogP contribution in [0.3, 0.4) is 0 Å². The smallest absolute Gasteiger partial charge is 0.286 e. The zero-order valence-electron chi connectivity index (χ0n) is 13.4. The van der Waals surface area contributed by atoms with E-state index < -0.39 is 16.1 Å². The maximum absolute atomic E-state index is 11.9. The van der Waals surface area contributed by atoms with Gasteiger partial charge in [-0.25, -0.2) is 0 Å². The first-order valence-electron chi connectivity index (χ1n) is 7.49. The molecule has 138 valence electrons. The number of hydrogen-bond acceptors (Lipinski definition) is 6. The molecule has 2 aromatic rings. The molecule has 1 amide bonds. The number of benzene rings is 1. The summed E-state index contributed by atoms with van der Waals surface area (Å²) in [5, 5.41) is 12.9. The van der Waals surface area contributed by atoms with Crippen molar-refractivity contribution in [1.29, 1.82) is 0 Å². The summed E-state index contributed by atoms with van der Waals surface area (Å²) in [6, 6.07) is 6.89. The quantitative estimate of drug-likeness (QED) is 0.297. The number of hydrogen-bond donors (Lipinski definition) is 1. The normalized spacial score (nSPS) is 10.4. The molecule has 0 saturated carbocycles. The van der Waals surface area contributed by atoms with E-state index in [-0.39, 0.29) is 35.2 Å². The number of nitrogens with zero attached hydrogens (tertiary/aromatic N) is 1. The number of non-ortho nitro benzene ring substituents is 1. The van der Waals surface area contributed by atoms with E-state index in [1.165, 1.54) is 24.3 Å². The first-order valence-corrected chi connectivity index (χ1v) is 8.24. The van der Waals surface area contributed by atoms with Crippen LogP contribution in [0.4, 0.5) is 5.69 Å². The van der Waals surface area contributed by atoms with Crippen molar-refractivity contribution in [3.8, 4) is 5.75 Å². The van der Waals surface area contributed by atoms with Crippen molar-refractivity contribution < 1.29 is 23.7 Å². The monoisotopic (exact) mass is 400 g/mol.